The summed E-state index contributed by atoms with van der Waals surface area (Å²) in [5.41, 5.74) is 0. The molecule has 3 rings (SSSR count). The first-order valence-corrected chi connectivity index (χ1v) is 5.74. The van der Waals surface area contributed by atoms with E-state index in [0.29, 0.717) is 18.1 Å². The molecule has 0 aromatic carbocycles. The zero-order valence-corrected chi connectivity index (χ0v) is 9.71. The van der Waals surface area contributed by atoms with Crippen LogP contribution in [0.4, 0.5) is 8.78 Å². The van der Waals surface area contributed by atoms with E-state index in [1.165, 1.54) is 0 Å². The van der Waals surface area contributed by atoms with Crippen molar-refractivity contribution >= 4 is 0 Å². The number of hydrogen-bond donors (Lipinski definition) is 0. The maximum atomic E-state index is 12.9. The van der Waals surface area contributed by atoms with Crippen LogP contribution in [0.15, 0.2) is 0 Å². The molecule has 0 aromatic heterocycles. The summed E-state index contributed by atoms with van der Waals surface area (Å²) in [6.45, 7) is 7.22. The van der Waals surface area contributed by atoms with Gasteiger partial charge in [0.1, 0.15) is 0 Å². The van der Waals surface area contributed by atoms with Gasteiger partial charge in [-0.1, -0.05) is 0 Å². The summed E-state index contributed by atoms with van der Waals surface area (Å²) < 4.78 is 25.8. The standard InChI is InChI=1S/C11H20F2N2/c1-8(2)14-5-9-4-10(6-14)15(9)7-11(3,12)13/h8-10H,4-7H2,1-3H3. The van der Waals surface area contributed by atoms with Gasteiger partial charge in [0.05, 0.1) is 6.54 Å². The molecule has 0 radical (unpaired) electrons. The van der Waals surface area contributed by atoms with Crippen LogP contribution in [0.1, 0.15) is 27.2 Å². The van der Waals surface area contributed by atoms with Gasteiger partial charge in [-0.2, -0.15) is 0 Å². The van der Waals surface area contributed by atoms with Crippen molar-refractivity contribution in [3.8, 4) is 0 Å². The molecular weight excluding hydrogens is 198 g/mol. The summed E-state index contributed by atoms with van der Waals surface area (Å²) >= 11 is 0. The molecule has 2 unspecified atom stereocenters. The molecule has 0 aliphatic carbocycles. The fourth-order valence-electron chi connectivity index (χ4n) is 2.72. The highest BCUT2D eigenvalue weighted by Crippen LogP contribution is 2.35. The molecule has 0 spiro atoms. The van der Waals surface area contributed by atoms with Crippen molar-refractivity contribution in [2.45, 2.75) is 51.2 Å². The minimum Gasteiger partial charge on any atom is -0.298 e. The van der Waals surface area contributed by atoms with E-state index >= 15 is 0 Å². The molecule has 0 amide bonds. The van der Waals surface area contributed by atoms with Crippen LogP contribution in [-0.4, -0.2) is 53.5 Å². The van der Waals surface area contributed by atoms with Gasteiger partial charge in [-0.25, -0.2) is 8.78 Å². The Hall–Kier alpha value is -0.220. The molecule has 3 fully saturated rings. The quantitative estimate of drug-likeness (QED) is 0.713. The van der Waals surface area contributed by atoms with Gasteiger partial charge in [0.15, 0.2) is 0 Å². The van der Waals surface area contributed by atoms with Gasteiger partial charge in [0, 0.05) is 38.1 Å². The van der Waals surface area contributed by atoms with Crippen LogP contribution in [-0.2, 0) is 0 Å². The Kier molecular flexibility index (Phi) is 2.75. The van der Waals surface area contributed by atoms with E-state index in [9.17, 15) is 8.78 Å². The molecule has 0 aromatic rings. The zero-order valence-electron chi connectivity index (χ0n) is 9.71. The van der Waals surface area contributed by atoms with Crippen molar-refractivity contribution in [3.05, 3.63) is 0 Å². The third-order valence-corrected chi connectivity index (χ3v) is 3.56. The minimum absolute atomic E-state index is 0.0612. The predicted molar refractivity (Wildman–Crippen MR) is 56.2 cm³/mol. The Morgan fingerprint density at radius 2 is 1.80 bits per heavy atom. The lowest BCUT2D eigenvalue weighted by atomic mass is 9.86. The molecule has 88 valence electrons. The summed E-state index contributed by atoms with van der Waals surface area (Å²) in [7, 11) is 0. The third kappa shape index (κ3) is 2.31. The second-order valence-electron chi connectivity index (χ2n) is 5.33. The van der Waals surface area contributed by atoms with Crippen molar-refractivity contribution in [1.29, 1.82) is 0 Å². The third-order valence-electron chi connectivity index (χ3n) is 3.56. The maximum absolute atomic E-state index is 12.9. The van der Waals surface area contributed by atoms with E-state index in [1.54, 1.807) is 0 Å². The SMILES string of the molecule is CC(C)N1CC2CC(C1)N2CC(C)(F)F. The molecule has 4 heteroatoms. The van der Waals surface area contributed by atoms with Crippen molar-refractivity contribution < 1.29 is 8.78 Å². The number of piperidine rings is 1. The van der Waals surface area contributed by atoms with E-state index < -0.39 is 5.92 Å². The van der Waals surface area contributed by atoms with Crippen LogP contribution in [0.3, 0.4) is 0 Å². The lowest BCUT2D eigenvalue weighted by Gasteiger charge is -2.57. The molecule has 3 saturated heterocycles. The lowest BCUT2D eigenvalue weighted by Crippen LogP contribution is -2.70. The largest absolute Gasteiger partial charge is 0.298 e. The summed E-state index contributed by atoms with van der Waals surface area (Å²) in [5, 5.41) is 0. The van der Waals surface area contributed by atoms with Crippen molar-refractivity contribution in [2.24, 2.45) is 0 Å². The summed E-state index contributed by atoms with van der Waals surface area (Å²) in [4.78, 5) is 4.38. The Morgan fingerprint density at radius 3 is 2.20 bits per heavy atom. The number of fused-ring (bicyclic) bond motifs is 2. The van der Waals surface area contributed by atoms with E-state index in [4.69, 9.17) is 0 Å². The summed E-state index contributed by atoms with van der Waals surface area (Å²) in [5.74, 6) is -2.54. The Balaban J connectivity index is 1.89. The molecule has 15 heavy (non-hydrogen) atoms. The highest BCUT2D eigenvalue weighted by Gasteiger charge is 2.47. The monoisotopic (exact) mass is 218 g/mol. The van der Waals surface area contributed by atoms with Gasteiger partial charge in [-0.05, 0) is 20.3 Å². The number of nitrogens with zero attached hydrogens (tertiary/aromatic N) is 2. The smallest absolute Gasteiger partial charge is 0.257 e. The molecule has 3 heterocycles. The van der Waals surface area contributed by atoms with Crippen molar-refractivity contribution in [1.82, 2.24) is 9.80 Å². The van der Waals surface area contributed by atoms with Gasteiger partial charge in [-0.3, -0.25) is 9.80 Å². The molecule has 0 saturated carbocycles. The second-order valence-corrected chi connectivity index (χ2v) is 5.33. The second kappa shape index (κ2) is 3.67. The minimum atomic E-state index is -2.54. The summed E-state index contributed by atoms with van der Waals surface area (Å²) in [6.07, 6.45) is 1.11. The topological polar surface area (TPSA) is 6.48 Å². The maximum Gasteiger partial charge on any atom is 0.257 e. The van der Waals surface area contributed by atoms with Crippen molar-refractivity contribution in [2.75, 3.05) is 19.6 Å². The molecule has 2 bridgehead atoms. The van der Waals surface area contributed by atoms with Gasteiger partial charge in [-0.15, -0.1) is 0 Å². The van der Waals surface area contributed by atoms with Crippen LogP contribution in [0, 0.1) is 0 Å². The average molecular weight is 218 g/mol. The Labute approximate surface area is 90.2 Å². The summed E-state index contributed by atoms with van der Waals surface area (Å²) in [6, 6.07) is 1.29. The van der Waals surface area contributed by atoms with Gasteiger partial charge < -0.3 is 0 Å². The predicted octanol–water partition coefficient (Wildman–Crippen LogP) is 1.81. The molecule has 3 aliphatic rings. The van der Waals surface area contributed by atoms with Crippen LogP contribution in [0.2, 0.25) is 0 Å². The highest BCUT2D eigenvalue weighted by atomic mass is 19.3. The van der Waals surface area contributed by atoms with E-state index in [0.717, 1.165) is 26.4 Å². The first kappa shape index (κ1) is 11.3. The Morgan fingerprint density at radius 1 is 1.27 bits per heavy atom. The lowest BCUT2D eigenvalue weighted by molar-refractivity contribution is -0.125. The number of halogens is 2. The molecule has 2 atom stereocenters. The normalized spacial score (nSPS) is 33.2. The zero-order chi connectivity index (χ0) is 11.2. The van der Waals surface area contributed by atoms with Crippen LogP contribution < -0.4 is 0 Å². The fourth-order valence-corrected chi connectivity index (χ4v) is 2.72. The van der Waals surface area contributed by atoms with E-state index in [2.05, 4.69) is 18.7 Å². The van der Waals surface area contributed by atoms with Crippen LogP contribution in [0.25, 0.3) is 0 Å². The first-order chi connectivity index (χ1) is 6.87. The van der Waals surface area contributed by atoms with E-state index in [-0.39, 0.29) is 6.54 Å². The fraction of sp³-hybridized carbons (Fsp3) is 1.00. The van der Waals surface area contributed by atoms with E-state index in [1.807, 2.05) is 4.90 Å². The highest BCUT2D eigenvalue weighted by molar-refractivity contribution is 5.02. The molecule has 0 N–H and O–H groups in total. The van der Waals surface area contributed by atoms with Crippen molar-refractivity contribution in [3.63, 3.8) is 0 Å². The molecule has 3 aliphatic heterocycles. The Bertz CT molecular complexity index is 225. The number of hydrogen-bond acceptors (Lipinski definition) is 2. The number of alkyl halides is 2. The first-order valence-electron chi connectivity index (χ1n) is 5.74. The molecular formula is C11H20F2N2. The van der Waals surface area contributed by atoms with Gasteiger partial charge >= 0.3 is 0 Å². The number of piperazine rings is 1. The average Bonchev–Trinajstić information content (AvgIpc) is 2.13. The van der Waals surface area contributed by atoms with Gasteiger partial charge in [0.2, 0.25) is 0 Å². The van der Waals surface area contributed by atoms with Crippen LogP contribution in [0.5, 0.6) is 0 Å². The molecule has 2 nitrogen and oxygen atoms in total. The van der Waals surface area contributed by atoms with Crippen LogP contribution >= 0.6 is 0 Å². The number of rotatable bonds is 3. The van der Waals surface area contributed by atoms with Gasteiger partial charge in [0.25, 0.3) is 5.92 Å².